The first-order valence-electron chi connectivity index (χ1n) is 4.06. The number of hydrogen-bond donors (Lipinski definition) is 2. The Kier molecular flexibility index (Phi) is 3.55. The summed E-state index contributed by atoms with van der Waals surface area (Å²) in [6.45, 7) is 1.57. The number of ether oxygens (including phenoxy) is 1. The molecule has 7 nitrogen and oxygen atoms in total. The molecule has 0 saturated heterocycles. The van der Waals surface area contributed by atoms with Crippen LogP contribution in [0.4, 0.5) is 0 Å². The van der Waals surface area contributed by atoms with Crippen LogP contribution >= 0.6 is 0 Å². The Labute approximate surface area is 79.9 Å². The minimum absolute atomic E-state index is 0.00977. The molecule has 78 valence electrons. The molecule has 1 heterocycles. The molecule has 1 rings (SSSR count). The standard InChI is InChI=1S/C7H11N3O4/c1-2-13-7(12)5-9-6(14-10-5)4(8)3-11/h4,11H,2-3,8H2,1H3. The quantitative estimate of drug-likeness (QED) is 0.615. The van der Waals surface area contributed by atoms with Gasteiger partial charge in [-0.15, -0.1) is 0 Å². The average Bonchev–Trinajstić information content (AvgIpc) is 2.66. The summed E-state index contributed by atoms with van der Waals surface area (Å²) < 4.78 is 9.27. The van der Waals surface area contributed by atoms with Gasteiger partial charge in [0.25, 0.3) is 5.82 Å². The van der Waals surface area contributed by atoms with E-state index in [1.807, 2.05) is 0 Å². The second-order valence-corrected chi connectivity index (χ2v) is 2.47. The van der Waals surface area contributed by atoms with Crippen molar-refractivity contribution in [1.82, 2.24) is 10.1 Å². The zero-order valence-electron chi connectivity index (χ0n) is 7.64. The fourth-order valence-corrected chi connectivity index (χ4v) is 0.742. The van der Waals surface area contributed by atoms with E-state index < -0.39 is 12.0 Å². The van der Waals surface area contributed by atoms with Gasteiger partial charge in [-0.1, -0.05) is 0 Å². The third-order valence-corrected chi connectivity index (χ3v) is 1.41. The van der Waals surface area contributed by atoms with E-state index in [0.29, 0.717) is 0 Å². The predicted molar refractivity (Wildman–Crippen MR) is 44.3 cm³/mol. The van der Waals surface area contributed by atoms with E-state index in [1.165, 1.54) is 0 Å². The molecule has 0 aliphatic heterocycles. The van der Waals surface area contributed by atoms with Gasteiger partial charge >= 0.3 is 5.97 Å². The number of carbonyl (C=O) groups excluding carboxylic acids is 1. The summed E-state index contributed by atoms with van der Waals surface area (Å²) in [4.78, 5) is 14.7. The molecule has 1 aromatic rings. The second kappa shape index (κ2) is 4.68. The number of aromatic nitrogens is 2. The molecule has 14 heavy (non-hydrogen) atoms. The molecule has 7 heteroatoms. The maximum atomic E-state index is 11.1. The number of aliphatic hydroxyl groups excluding tert-OH is 1. The number of aliphatic hydroxyl groups is 1. The van der Waals surface area contributed by atoms with Crippen LogP contribution in [0, 0.1) is 0 Å². The third-order valence-electron chi connectivity index (χ3n) is 1.41. The summed E-state index contributed by atoms with van der Waals surface area (Å²) in [6, 6.07) is -0.773. The van der Waals surface area contributed by atoms with Crippen LogP contribution in [0.1, 0.15) is 29.5 Å². The van der Waals surface area contributed by atoms with Gasteiger partial charge < -0.3 is 20.1 Å². The van der Waals surface area contributed by atoms with Gasteiger partial charge in [0.05, 0.1) is 13.2 Å². The van der Waals surface area contributed by atoms with Crippen molar-refractivity contribution in [3.63, 3.8) is 0 Å². The van der Waals surface area contributed by atoms with Crippen LogP contribution in [0.5, 0.6) is 0 Å². The van der Waals surface area contributed by atoms with E-state index in [1.54, 1.807) is 6.92 Å². The summed E-state index contributed by atoms with van der Waals surface area (Å²) in [6.07, 6.45) is 0. The number of carbonyl (C=O) groups is 1. The number of nitrogens with two attached hydrogens (primary N) is 1. The first-order chi connectivity index (χ1) is 6.69. The summed E-state index contributed by atoms with van der Waals surface area (Å²) in [5, 5.41) is 12.0. The second-order valence-electron chi connectivity index (χ2n) is 2.47. The van der Waals surface area contributed by atoms with Gasteiger partial charge in [0.1, 0.15) is 6.04 Å². The van der Waals surface area contributed by atoms with E-state index >= 15 is 0 Å². The SMILES string of the molecule is CCOC(=O)c1noc(C(N)CO)n1. The van der Waals surface area contributed by atoms with E-state index in [0.717, 1.165) is 0 Å². The Hall–Kier alpha value is -1.47. The number of hydrogen-bond acceptors (Lipinski definition) is 7. The fraction of sp³-hybridized carbons (Fsp3) is 0.571. The Morgan fingerprint density at radius 2 is 2.50 bits per heavy atom. The Morgan fingerprint density at radius 3 is 3.07 bits per heavy atom. The van der Waals surface area contributed by atoms with Crippen LogP contribution in [0.25, 0.3) is 0 Å². The lowest BCUT2D eigenvalue weighted by molar-refractivity contribution is 0.0508. The minimum Gasteiger partial charge on any atom is -0.460 e. The van der Waals surface area contributed by atoms with Crippen LogP contribution < -0.4 is 5.73 Å². The third kappa shape index (κ3) is 2.27. The van der Waals surface area contributed by atoms with Crippen molar-refractivity contribution in [2.75, 3.05) is 13.2 Å². The van der Waals surface area contributed by atoms with Crippen LogP contribution in [0.3, 0.4) is 0 Å². The molecule has 1 aromatic heterocycles. The molecule has 0 fully saturated rings. The zero-order valence-corrected chi connectivity index (χ0v) is 7.64. The molecular weight excluding hydrogens is 190 g/mol. The van der Waals surface area contributed by atoms with Crippen molar-refractivity contribution < 1.29 is 19.2 Å². The molecule has 0 saturated carbocycles. The van der Waals surface area contributed by atoms with Gasteiger partial charge in [0.15, 0.2) is 0 Å². The van der Waals surface area contributed by atoms with E-state index in [-0.39, 0.29) is 24.9 Å². The van der Waals surface area contributed by atoms with E-state index in [9.17, 15) is 4.79 Å². The highest BCUT2D eigenvalue weighted by Crippen LogP contribution is 2.06. The molecular formula is C7H11N3O4. The Balaban J connectivity index is 2.72. The lowest BCUT2D eigenvalue weighted by atomic mass is 10.3. The van der Waals surface area contributed by atoms with Crippen molar-refractivity contribution in [3.8, 4) is 0 Å². The molecule has 0 aromatic carbocycles. The van der Waals surface area contributed by atoms with Crippen LogP contribution in [0.2, 0.25) is 0 Å². The molecule has 1 atom stereocenters. The average molecular weight is 201 g/mol. The van der Waals surface area contributed by atoms with Crippen LogP contribution in [-0.2, 0) is 4.74 Å². The number of esters is 1. The minimum atomic E-state index is -0.773. The molecule has 3 N–H and O–H groups in total. The summed E-state index contributed by atoms with van der Waals surface area (Å²) in [5.74, 6) is -0.853. The summed E-state index contributed by atoms with van der Waals surface area (Å²) in [7, 11) is 0. The van der Waals surface area contributed by atoms with E-state index in [4.69, 9.17) is 10.8 Å². The normalized spacial score (nSPS) is 12.5. The van der Waals surface area contributed by atoms with Crippen LogP contribution in [-0.4, -0.2) is 34.4 Å². The van der Waals surface area contributed by atoms with Gasteiger partial charge in [0, 0.05) is 0 Å². The topological polar surface area (TPSA) is 111 Å². The number of nitrogens with zero attached hydrogens (tertiary/aromatic N) is 2. The van der Waals surface area contributed by atoms with Crippen molar-refractivity contribution in [1.29, 1.82) is 0 Å². The first-order valence-corrected chi connectivity index (χ1v) is 4.06. The van der Waals surface area contributed by atoms with Gasteiger partial charge in [-0.3, -0.25) is 0 Å². The van der Waals surface area contributed by atoms with Crippen molar-refractivity contribution in [2.24, 2.45) is 5.73 Å². The highest BCUT2D eigenvalue weighted by atomic mass is 16.5. The maximum Gasteiger partial charge on any atom is 0.379 e. The van der Waals surface area contributed by atoms with Gasteiger partial charge in [-0.2, -0.15) is 4.98 Å². The molecule has 1 unspecified atom stereocenters. The molecule has 0 spiro atoms. The Bertz CT molecular complexity index is 312. The maximum absolute atomic E-state index is 11.1. The van der Waals surface area contributed by atoms with Gasteiger partial charge in [0.2, 0.25) is 5.89 Å². The predicted octanol–water partition coefficient (Wildman–Crippen LogP) is -0.762. The molecule has 0 radical (unpaired) electrons. The van der Waals surface area contributed by atoms with Gasteiger partial charge in [-0.25, -0.2) is 4.79 Å². The van der Waals surface area contributed by atoms with E-state index in [2.05, 4.69) is 19.4 Å². The lowest BCUT2D eigenvalue weighted by Crippen LogP contribution is -2.15. The van der Waals surface area contributed by atoms with Gasteiger partial charge in [-0.05, 0) is 12.1 Å². The summed E-state index contributed by atoms with van der Waals surface area (Å²) in [5.41, 5.74) is 5.38. The van der Waals surface area contributed by atoms with Crippen molar-refractivity contribution >= 4 is 5.97 Å². The molecule has 0 aliphatic rings. The molecule has 0 aliphatic carbocycles. The smallest absolute Gasteiger partial charge is 0.379 e. The van der Waals surface area contributed by atoms with Crippen molar-refractivity contribution in [2.45, 2.75) is 13.0 Å². The largest absolute Gasteiger partial charge is 0.460 e. The highest BCUT2D eigenvalue weighted by Gasteiger charge is 2.18. The Morgan fingerprint density at radius 1 is 1.79 bits per heavy atom. The zero-order chi connectivity index (χ0) is 10.6. The monoisotopic (exact) mass is 201 g/mol. The number of rotatable bonds is 4. The van der Waals surface area contributed by atoms with Crippen molar-refractivity contribution in [3.05, 3.63) is 11.7 Å². The molecule has 0 amide bonds. The summed E-state index contributed by atoms with van der Waals surface area (Å²) >= 11 is 0. The highest BCUT2D eigenvalue weighted by molar-refractivity contribution is 5.84. The van der Waals surface area contributed by atoms with Crippen LogP contribution in [0.15, 0.2) is 4.52 Å². The lowest BCUT2D eigenvalue weighted by Gasteiger charge is -1.98. The fourth-order valence-electron chi connectivity index (χ4n) is 0.742. The molecule has 0 bridgehead atoms. The first kappa shape index (κ1) is 10.6.